The average Bonchev–Trinajstić information content (AvgIpc) is 3.67. The summed E-state index contributed by atoms with van der Waals surface area (Å²) in [5.41, 5.74) is 5.45. The number of benzene rings is 1. The van der Waals surface area contributed by atoms with Crippen molar-refractivity contribution in [1.29, 1.82) is 0 Å². The van der Waals surface area contributed by atoms with Gasteiger partial charge in [-0.15, -0.1) is 0 Å². The molecule has 1 saturated heterocycles. The van der Waals surface area contributed by atoms with Gasteiger partial charge >= 0.3 is 25.7 Å². The molecule has 3 aromatic rings. The Bertz CT molecular complexity index is 1720. The molecule has 1 unspecified atom stereocenters. The number of anilines is 1. The Morgan fingerprint density at radius 1 is 0.943 bits per heavy atom. The lowest BCUT2D eigenvalue weighted by Gasteiger charge is -2.31. The molecule has 0 amide bonds. The van der Waals surface area contributed by atoms with E-state index in [1.165, 1.54) is 17.8 Å². The highest BCUT2D eigenvalue weighted by Gasteiger charge is 2.59. The van der Waals surface area contributed by atoms with Gasteiger partial charge in [0.15, 0.2) is 18.0 Å². The second kappa shape index (κ2) is 18.8. The van der Waals surface area contributed by atoms with Gasteiger partial charge in [0.05, 0.1) is 44.0 Å². The van der Waals surface area contributed by atoms with Crippen molar-refractivity contribution in [2.45, 2.75) is 78.4 Å². The Hall–Kier alpha value is -4.12. The Morgan fingerprint density at radius 3 is 2.28 bits per heavy atom. The minimum Gasteiger partial charge on any atom is -0.462 e. The third-order valence-electron chi connectivity index (χ3n) is 8.16. The van der Waals surface area contributed by atoms with Gasteiger partial charge < -0.3 is 38.7 Å². The highest BCUT2D eigenvalue weighted by molar-refractivity contribution is 7.52. The summed E-state index contributed by atoms with van der Waals surface area (Å²) in [5, 5.41) is 6.98. The molecular formula is C35H50N5O12P. The maximum absolute atomic E-state index is 14.4. The van der Waals surface area contributed by atoms with E-state index in [1.807, 2.05) is 6.92 Å². The van der Waals surface area contributed by atoms with E-state index in [1.54, 1.807) is 77.1 Å². The van der Waals surface area contributed by atoms with Crippen LogP contribution < -0.4 is 15.3 Å². The van der Waals surface area contributed by atoms with Crippen molar-refractivity contribution in [3.05, 3.63) is 54.5 Å². The number of nitrogens with two attached hydrogens (primary N) is 1. The number of ether oxygens (including phenoxy) is 6. The number of hydrogen-bond donors (Lipinski definition) is 2. The van der Waals surface area contributed by atoms with Gasteiger partial charge in [0.25, 0.3) is 0 Å². The first-order valence-electron chi connectivity index (χ1n) is 17.5. The van der Waals surface area contributed by atoms with Crippen LogP contribution in [0.1, 0.15) is 54.2 Å². The van der Waals surface area contributed by atoms with Crippen LogP contribution in [0.15, 0.2) is 48.8 Å². The van der Waals surface area contributed by atoms with Crippen LogP contribution in [0.25, 0.3) is 5.52 Å². The minimum absolute atomic E-state index is 0.0550. The molecule has 17 nitrogen and oxygen atoms in total. The normalized spacial score (nSPS) is 21.7. The van der Waals surface area contributed by atoms with Crippen LogP contribution >= 0.6 is 7.75 Å². The first-order valence-corrected chi connectivity index (χ1v) is 19.0. The molecule has 292 valence electrons. The van der Waals surface area contributed by atoms with E-state index in [4.69, 9.17) is 43.2 Å². The van der Waals surface area contributed by atoms with Crippen molar-refractivity contribution in [1.82, 2.24) is 19.7 Å². The molecule has 1 aliphatic heterocycles. The maximum atomic E-state index is 14.4. The van der Waals surface area contributed by atoms with E-state index in [0.717, 1.165) is 0 Å². The van der Waals surface area contributed by atoms with Crippen LogP contribution in [0, 0.1) is 11.8 Å². The molecule has 2 aromatic heterocycles. The lowest BCUT2D eigenvalue weighted by Crippen LogP contribution is -2.46. The molecule has 6 atom stereocenters. The van der Waals surface area contributed by atoms with Crippen molar-refractivity contribution in [2.75, 3.05) is 45.4 Å². The topological polar surface area (TPSA) is 210 Å². The monoisotopic (exact) mass is 763 g/mol. The second-order valence-corrected chi connectivity index (χ2v) is 14.7. The Morgan fingerprint density at radius 2 is 1.60 bits per heavy atom. The minimum atomic E-state index is -4.42. The van der Waals surface area contributed by atoms with E-state index in [0.29, 0.717) is 31.0 Å². The number of para-hydroxylation sites is 1. The molecule has 53 heavy (non-hydrogen) atoms. The van der Waals surface area contributed by atoms with Crippen molar-refractivity contribution < 1.29 is 56.4 Å². The van der Waals surface area contributed by atoms with Gasteiger partial charge in [0.2, 0.25) is 0 Å². The predicted octanol–water partition coefficient (Wildman–Crippen LogP) is 3.84. The molecule has 0 bridgehead atoms. The van der Waals surface area contributed by atoms with Crippen LogP contribution in [0.4, 0.5) is 5.82 Å². The van der Waals surface area contributed by atoms with Crippen LogP contribution in [0.5, 0.6) is 5.75 Å². The lowest BCUT2D eigenvalue weighted by atomic mass is 9.92. The van der Waals surface area contributed by atoms with E-state index in [-0.39, 0.29) is 24.8 Å². The third-order valence-corrected chi connectivity index (χ3v) is 9.81. The molecule has 18 heteroatoms. The van der Waals surface area contributed by atoms with Gasteiger partial charge in [-0.25, -0.2) is 14.1 Å². The summed E-state index contributed by atoms with van der Waals surface area (Å²) in [4.78, 5) is 43.3. The van der Waals surface area contributed by atoms with Crippen LogP contribution in [-0.4, -0.2) is 96.5 Å². The Kier molecular flexibility index (Phi) is 14.7. The molecule has 0 spiro atoms. The highest BCUT2D eigenvalue weighted by Crippen LogP contribution is 2.48. The number of nitrogens with one attached hydrogen (secondary N) is 1. The zero-order valence-corrected chi connectivity index (χ0v) is 32.0. The van der Waals surface area contributed by atoms with Gasteiger partial charge in [-0.05, 0) is 45.0 Å². The van der Waals surface area contributed by atoms with E-state index in [9.17, 15) is 18.9 Å². The Labute approximate surface area is 308 Å². The zero-order valence-electron chi connectivity index (χ0n) is 31.1. The van der Waals surface area contributed by atoms with E-state index < -0.39 is 74.1 Å². The zero-order chi connectivity index (χ0) is 38.8. The van der Waals surface area contributed by atoms with Crippen molar-refractivity contribution in [2.24, 2.45) is 11.8 Å². The van der Waals surface area contributed by atoms with Gasteiger partial charge in [-0.2, -0.15) is 10.2 Å². The first kappa shape index (κ1) is 41.6. The summed E-state index contributed by atoms with van der Waals surface area (Å²) in [6, 6.07) is 10.4. The largest absolute Gasteiger partial charge is 0.462 e. The molecule has 1 fully saturated rings. The van der Waals surface area contributed by atoms with Crippen LogP contribution in [0.2, 0.25) is 0 Å². The fourth-order valence-corrected chi connectivity index (χ4v) is 6.83. The molecule has 1 aliphatic rings. The molecule has 0 radical (unpaired) electrons. The van der Waals surface area contributed by atoms with Crippen LogP contribution in [-0.2, 0) is 57.5 Å². The molecule has 4 rings (SSSR count). The number of hydrogen-bond acceptors (Lipinski definition) is 15. The van der Waals surface area contributed by atoms with Gasteiger partial charge in [-0.3, -0.25) is 18.9 Å². The van der Waals surface area contributed by atoms with E-state index >= 15 is 0 Å². The number of nitrogens with zero attached hydrogens (tertiary/aromatic N) is 3. The molecule has 0 aliphatic carbocycles. The summed E-state index contributed by atoms with van der Waals surface area (Å²) in [5.74, 6) is -2.68. The first-order chi connectivity index (χ1) is 25.2. The molecule has 3 N–H and O–H groups in total. The molecule has 1 aromatic carbocycles. The van der Waals surface area contributed by atoms with Gasteiger partial charge in [-0.1, -0.05) is 45.9 Å². The highest BCUT2D eigenvalue weighted by atomic mass is 31.2. The maximum Gasteiger partial charge on any atom is 0.459 e. The quantitative estimate of drug-likeness (QED) is 0.0725. The SMILES string of the molecule is CCOCCOCCOC(=O)[C@H](C)NP(=O)(OC[C@H]1O[C@@](C)(c2ccc3c(N)ncnn23)[C@H](OC(=O)C(C)C)[C@@H]1OC(=O)C(C)C)Oc1ccccc1. The number of rotatable bonds is 20. The van der Waals surface area contributed by atoms with Crippen molar-refractivity contribution >= 4 is 37.0 Å². The fourth-order valence-electron chi connectivity index (χ4n) is 5.33. The smallest absolute Gasteiger partial charge is 0.459 e. The summed E-state index contributed by atoms with van der Waals surface area (Å²) in [6.07, 6.45) is -2.43. The number of nitrogen functional groups attached to an aromatic ring is 1. The second-order valence-electron chi connectivity index (χ2n) is 13.0. The van der Waals surface area contributed by atoms with E-state index in [2.05, 4.69) is 15.2 Å². The summed E-state index contributed by atoms with van der Waals surface area (Å²) in [7, 11) is -4.42. The number of esters is 3. The fraction of sp³-hybridized carbons (Fsp3) is 0.571. The number of aromatic nitrogens is 3. The summed E-state index contributed by atoms with van der Waals surface area (Å²) in [6.45, 7) is 12.5. The predicted molar refractivity (Wildman–Crippen MR) is 191 cm³/mol. The Balaban J connectivity index is 1.63. The number of carbonyl (C=O) groups excluding carboxylic acids is 3. The molecular weight excluding hydrogens is 713 g/mol. The molecule has 3 heterocycles. The standard InChI is InChI=1S/C35H50N5O12P/c1-8-45-16-17-46-18-19-47-34(43)24(6)39-53(44,52-25-12-10-9-11-13-25)48-20-27-29(49-32(41)22(2)3)30(50-33(42)23(4)5)35(7,51-27)28-15-14-26-31(36)37-21-38-40(26)28/h9-15,21-24,27,29-30H,8,16-20H2,1-7H3,(H,39,44)(H2,36,37,38)/t24-,27+,29+,30+,35-,53?/m0/s1. The average molecular weight is 764 g/mol. The van der Waals surface area contributed by atoms with Gasteiger partial charge in [0.1, 0.15) is 41.9 Å². The lowest BCUT2D eigenvalue weighted by molar-refractivity contribution is -0.175. The molecule has 0 saturated carbocycles. The van der Waals surface area contributed by atoms with Crippen molar-refractivity contribution in [3.8, 4) is 5.75 Å². The summed E-state index contributed by atoms with van der Waals surface area (Å²) < 4.78 is 62.2. The number of fused-ring (bicyclic) bond motifs is 1. The number of carbonyl (C=O) groups is 3. The van der Waals surface area contributed by atoms with Crippen molar-refractivity contribution in [3.63, 3.8) is 0 Å². The summed E-state index contributed by atoms with van der Waals surface area (Å²) >= 11 is 0. The third kappa shape index (κ3) is 10.7. The van der Waals surface area contributed by atoms with Gasteiger partial charge in [0, 0.05) is 6.61 Å². The van der Waals surface area contributed by atoms with Crippen LogP contribution in [0.3, 0.4) is 0 Å².